The predicted octanol–water partition coefficient (Wildman–Crippen LogP) is 3.82. The Bertz CT molecular complexity index is 610. The molecule has 2 aromatic rings. The quantitative estimate of drug-likeness (QED) is 0.785. The van der Waals surface area contributed by atoms with Gasteiger partial charge < -0.3 is 10.6 Å². The molecule has 0 aliphatic rings. The first-order valence-corrected chi connectivity index (χ1v) is 7.71. The van der Waals surface area contributed by atoms with Crippen molar-refractivity contribution in [3.05, 3.63) is 45.7 Å². The summed E-state index contributed by atoms with van der Waals surface area (Å²) >= 11 is 9.27. The highest BCUT2D eigenvalue weighted by molar-refractivity contribution is 9.10. The highest BCUT2D eigenvalue weighted by atomic mass is 79.9. The van der Waals surface area contributed by atoms with Crippen molar-refractivity contribution in [1.29, 1.82) is 0 Å². The number of carbonyl (C=O) groups is 1. The van der Waals surface area contributed by atoms with Crippen molar-refractivity contribution in [2.45, 2.75) is 19.9 Å². The van der Waals surface area contributed by atoms with E-state index in [1.54, 1.807) is 24.3 Å². The molecule has 0 spiro atoms. The number of nitrogens with one attached hydrogen (secondary N) is 2. The smallest absolute Gasteiger partial charge is 0.319 e. The second-order valence-corrected chi connectivity index (χ2v) is 5.86. The van der Waals surface area contributed by atoms with Gasteiger partial charge in [-0.25, -0.2) is 4.79 Å². The van der Waals surface area contributed by atoms with Gasteiger partial charge in [0.05, 0.1) is 10.2 Å². The second-order valence-electron chi connectivity index (χ2n) is 4.57. The summed E-state index contributed by atoms with van der Waals surface area (Å²) in [6.45, 7) is 3.27. The number of amides is 2. The summed E-state index contributed by atoms with van der Waals surface area (Å²) in [7, 11) is 0. The molecular weight excluding hydrogens is 356 g/mol. The molecule has 5 nitrogen and oxygen atoms in total. The number of aryl methyl sites for hydroxylation is 2. The number of hydrogen-bond acceptors (Lipinski definition) is 2. The lowest BCUT2D eigenvalue weighted by atomic mass is 10.3. The van der Waals surface area contributed by atoms with E-state index in [1.165, 1.54) is 0 Å². The Balaban J connectivity index is 1.70. The molecule has 0 atom stereocenters. The highest BCUT2D eigenvalue weighted by Crippen LogP contribution is 2.15. The number of halogens is 2. The number of hydrogen-bond donors (Lipinski definition) is 2. The Labute approximate surface area is 136 Å². The minimum absolute atomic E-state index is 0.241. The Hall–Kier alpha value is -1.53. The first kappa shape index (κ1) is 15.9. The van der Waals surface area contributed by atoms with Gasteiger partial charge in [0, 0.05) is 30.0 Å². The van der Waals surface area contributed by atoms with Gasteiger partial charge in [-0.05, 0) is 47.5 Å². The van der Waals surface area contributed by atoms with E-state index in [0.717, 1.165) is 23.1 Å². The molecule has 1 aromatic heterocycles. The summed E-state index contributed by atoms with van der Waals surface area (Å²) in [5.41, 5.74) is 1.63. The van der Waals surface area contributed by atoms with Crippen LogP contribution in [0.15, 0.2) is 34.9 Å². The van der Waals surface area contributed by atoms with Crippen LogP contribution >= 0.6 is 27.5 Å². The Morgan fingerprint density at radius 1 is 1.48 bits per heavy atom. The van der Waals surface area contributed by atoms with Crippen LogP contribution in [0.3, 0.4) is 0 Å². The maximum atomic E-state index is 11.7. The summed E-state index contributed by atoms with van der Waals surface area (Å²) in [6, 6.07) is 6.79. The van der Waals surface area contributed by atoms with Crippen LogP contribution in [0.25, 0.3) is 0 Å². The molecule has 21 heavy (non-hydrogen) atoms. The van der Waals surface area contributed by atoms with E-state index in [9.17, 15) is 4.79 Å². The lowest BCUT2D eigenvalue weighted by Gasteiger charge is -2.08. The van der Waals surface area contributed by atoms with Gasteiger partial charge in [-0.1, -0.05) is 17.7 Å². The molecule has 7 heteroatoms. The summed E-state index contributed by atoms with van der Waals surface area (Å²) in [5.74, 6) is 0. The van der Waals surface area contributed by atoms with Crippen LogP contribution in [0.5, 0.6) is 0 Å². The van der Waals surface area contributed by atoms with Crippen molar-refractivity contribution >= 4 is 39.2 Å². The van der Waals surface area contributed by atoms with Gasteiger partial charge >= 0.3 is 6.03 Å². The fraction of sp³-hybridized carbons (Fsp3) is 0.286. The van der Waals surface area contributed by atoms with Gasteiger partial charge in [-0.15, -0.1) is 0 Å². The lowest BCUT2D eigenvalue weighted by Crippen LogP contribution is -2.30. The molecule has 1 aromatic carbocycles. The average molecular weight is 372 g/mol. The molecule has 0 aliphatic carbocycles. The van der Waals surface area contributed by atoms with Crippen LogP contribution in [-0.4, -0.2) is 22.4 Å². The molecule has 2 N–H and O–H groups in total. The largest absolute Gasteiger partial charge is 0.338 e. The normalized spacial score (nSPS) is 10.4. The Morgan fingerprint density at radius 2 is 2.29 bits per heavy atom. The number of urea groups is 1. The molecular formula is C14H16BrClN4O. The monoisotopic (exact) mass is 370 g/mol. The number of rotatable bonds is 5. The lowest BCUT2D eigenvalue weighted by molar-refractivity contribution is 0.251. The molecule has 0 saturated heterocycles. The van der Waals surface area contributed by atoms with E-state index in [4.69, 9.17) is 11.6 Å². The van der Waals surface area contributed by atoms with Gasteiger partial charge in [0.2, 0.25) is 0 Å². The minimum atomic E-state index is -0.241. The van der Waals surface area contributed by atoms with Crippen LogP contribution in [0, 0.1) is 6.92 Å². The van der Waals surface area contributed by atoms with Crippen molar-refractivity contribution in [3.63, 3.8) is 0 Å². The molecule has 0 saturated carbocycles. The van der Waals surface area contributed by atoms with E-state index < -0.39 is 0 Å². The van der Waals surface area contributed by atoms with Gasteiger partial charge in [0.25, 0.3) is 0 Å². The van der Waals surface area contributed by atoms with Crippen molar-refractivity contribution < 1.29 is 4.79 Å². The zero-order valence-electron chi connectivity index (χ0n) is 11.6. The van der Waals surface area contributed by atoms with E-state index in [2.05, 4.69) is 31.7 Å². The Morgan fingerprint density at radius 3 is 2.95 bits per heavy atom. The maximum Gasteiger partial charge on any atom is 0.319 e. The van der Waals surface area contributed by atoms with E-state index in [0.29, 0.717) is 17.3 Å². The topological polar surface area (TPSA) is 59.0 Å². The van der Waals surface area contributed by atoms with Crippen LogP contribution in [0.4, 0.5) is 10.5 Å². The SMILES string of the molecule is Cc1nn(CCCNC(=O)Nc2cccc(Cl)c2)cc1Br. The summed E-state index contributed by atoms with van der Waals surface area (Å²) in [6.07, 6.45) is 2.73. The van der Waals surface area contributed by atoms with Crippen molar-refractivity contribution in [3.8, 4) is 0 Å². The third-order valence-electron chi connectivity index (χ3n) is 2.82. The van der Waals surface area contributed by atoms with Crippen LogP contribution in [-0.2, 0) is 6.54 Å². The number of benzene rings is 1. The third kappa shape index (κ3) is 5.06. The highest BCUT2D eigenvalue weighted by Gasteiger charge is 2.03. The molecule has 0 unspecified atom stereocenters. The van der Waals surface area contributed by atoms with Crippen molar-refractivity contribution in [1.82, 2.24) is 15.1 Å². The standard InChI is InChI=1S/C14H16BrClN4O/c1-10-13(15)9-20(19-10)7-3-6-17-14(21)18-12-5-2-4-11(16)8-12/h2,4-5,8-9H,3,6-7H2,1H3,(H2,17,18,21). The molecule has 0 aliphatic heterocycles. The second kappa shape index (κ2) is 7.47. The van der Waals surface area contributed by atoms with Crippen LogP contribution in [0.2, 0.25) is 5.02 Å². The maximum absolute atomic E-state index is 11.7. The summed E-state index contributed by atoms with van der Waals surface area (Å²) in [5, 5.41) is 10.4. The third-order valence-corrected chi connectivity index (χ3v) is 3.83. The molecule has 0 fully saturated rings. The zero-order valence-corrected chi connectivity index (χ0v) is 13.9. The first-order valence-electron chi connectivity index (χ1n) is 6.54. The first-order chi connectivity index (χ1) is 10.0. The molecule has 0 radical (unpaired) electrons. The van der Waals surface area contributed by atoms with E-state index >= 15 is 0 Å². The fourth-order valence-corrected chi connectivity index (χ4v) is 2.30. The molecule has 2 amide bonds. The molecule has 0 bridgehead atoms. The average Bonchev–Trinajstić information content (AvgIpc) is 2.74. The van der Waals surface area contributed by atoms with Crippen LogP contribution in [0.1, 0.15) is 12.1 Å². The Kier molecular flexibility index (Phi) is 5.64. The van der Waals surface area contributed by atoms with Gasteiger partial charge in [-0.3, -0.25) is 4.68 Å². The number of anilines is 1. The van der Waals surface area contributed by atoms with Gasteiger partial charge in [0.15, 0.2) is 0 Å². The van der Waals surface area contributed by atoms with E-state index in [1.807, 2.05) is 17.8 Å². The zero-order chi connectivity index (χ0) is 15.2. The van der Waals surface area contributed by atoms with Crippen LogP contribution < -0.4 is 10.6 Å². The van der Waals surface area contributed by atoms with Gasteiger partial charge in [-0.2, -0.15) is 5.10 Å². The van der Waals surface area contributed by atoms with E-state index in [-0.39, 0.29) is 6.03 Å². The number of nitrogens with zero attached hydrogens (tertiary/aromatic N) is 2. The fourth-order valence-electron chi connectivity index (χ4n) is 1.79. The molecule has 1 heterocycles. The predicted molar refractivity (Wildman–Crippen MR) is 87.8 cm³/mol. The summed E-state index contributed by atoms with van der Waals surface area (Å²) < 4.78 is 2.85. The number of carbonyl (C=O) groups excluding carboxylic acids is 1. The minimum Gasteiger partial charge on any atom is -0.338 e. The molecule has 2 rings (SSSR count). The molecule has 112 valence electrons. The van der Waals surface area contributed by atoms with Gasteiger partial charge in [0.1, 0.15) is 0 Å². The van der Waals surface area contributed by atoms with Crippen molar-refractivity contribution in [2.24, 2.45) is 0 Å². The number of aromatic nitrogens is 2. The van der Waals surface area contributed by atoms with Crippen molar-refractivity contribution in [2.75, 3.05) is 11.9 Å². The summed E-state index contributed by atoms with van der Waals surface area (Å²) in [4.78, 5) is 11.7.